The van der Waals surface area contributed by atoms with Crippen molar-refractivity contribution >= 4 is 17.3 Å². The predicted molar refractivity (Wildman–Crippen MR) is 63.3 cm³/mol. The fourth-order valence-corrected chi connectivity index (χ4v) is 2.49. The van der Waals surface area contributed by atoms with Gasteiger partial charge in [0, 0.05) is 12.6 Å². The summed E-state index contributed by atoms with van der Waals surface area (Å²) in [5.74, 6) is 0.887. The third kappa shape index (κ3) is 2.84. The lowest BCUT2D eigenvalue weighted by atomic mass is 9.85. The molecule has 80 valence electrons. The van der Waals surface area contributed by atoms with Crippen LogP contribution in [-0.2, 0) is 0 Å². The molecule has 3 heteroatoms. The molecule has 2 N–H and O–H groups in total. The van der Waals surface area contributed by atoms with Gasteiger partial charge in [-0.1, -0.05) is 19.3 Å². The minimum absolute atomic E-state index is 0.649. The van der Waals surface area contributed by atoms with E-state index in [-0.39, 0.29) is 0 Å². The average Bonchev–Trinajstić information content (AvgIpc) is 2.54. The minimum Gasteiger partial charge on any atom is -0.362 e. The SMILES string of the molecule is S=C(NCC1CCC1)NC1CCCC1. The Hall–Kier alpha value is -0.310. The molecule has 0 heterocycles. The molecule has 2 aliphatic carbocycles. The van der Waals surface area contributed by atoms with Gasteiger partial charge in [0.25, 0.3) is 0 Å². The molecule has 0 aromatic rings. The zero-order valence-electron chi connectivity index (χ0n) is 8.72. The van der Waals surface area contributed by atoms with Crippen molar-refractivity contribution in [1.29, 1.82) is 0 Å². The highest BCUT2D eigenvalue weighted by molar-refractivity contribution is 7.80. The molecule has 2 rings (SSSR count). The first-order chi connectivity index (χ1) is 6.84. The van der Waals surface area contributed by atoms with E-state index in [2.05, 4.69) is 10.6 Å². The maximum atomic E-state index is 5.26. The molecule has 0 bridgehead atoms. The minimum atomic E-state index is 0.649. The van der Waals surface area contributed by atoms with Crippen LogP contribution in [0.5, 0.6) is 0 Å². The molecule has 0 aromatic carbocycles. The summed E-state index contributed by atoms with van der Waals surface area (Å²) in [6, 6.07) is 0.649. The van der Waals surface area contributed by atoms with E-state index in [1.807, 2.05) is 0 Å². The van der Waals surface area contributed by atoms with Gasteiger partial charge in [-0.25, -0.2) is 0 Å². The molecule has 0 amide bonds. The fourth-order valence-electron chi connectivity index (χ4n) is 2.24. The van der Waals surface area contributed by atoms with Gasteiger partial charge in [0.2, 0.25) is 0 Å². The second kappa shape index (κ2) is 4.96. The first-order valence-electron chi connectivity index (χ1n) is 5.89. The number of rotatable bonds is 3. The molecule has 14 heavy (non-hydrogen) atoms. The molecular formula is C11H20N2S. The largest absolute Gasteiger partial charge is 0.362 e. The summed E-state index contributed by atoms with van der Waals surface area (Å²) in [4.78, 5) is 0. The van der Waals surface area contributed by atoms with Crippen LogP contribution < -0.4 is 10.6 Å². The topological polar surface area (TPSA) is 24.1 Å². The molecular weight excluding hydrogens is 192 g/mol. The van der Waals surface area contributed by atoms with Crippen LogP contribution in [0.4, 0.5) is 0 Å². The van der Waals surface area contributed by atoms with Gasteiger partial charge in [0.15, 0.2) is 5.11 Å². The summed E-state index contributed by atoms with van der Waals surface area (Å²) in [6.45, 7) is 1.08. The number of nitrogens with one attached hydrogen (secondary N) is 2. The van der Waals surface area contributed by atoms with E-state index in [0.29, 0.717) is 6.04 Å². The van der Waals surface area contributed by atoms with Crippen molar-refractivity contribution in [2.24, 2.45) is 5.92 Å². The fraction of sp³-hybridized carbons (Fsp3) is 0.909. The third-order valence-corrected chi connectivity index (χ3v) is 3.73. The van der Waals surface area contributed by atoms with Crippen LogP contribution in [0.3, 0.4) is 0 Å². The van der Waals surface area contributed by atoms with Crippen LogP contribution in [-0.4, -0.2) is 17.7 Å². The number of thiocarbonyl (C=S) groups is 1. The first-order valence-corrected chi connectivity index (χ1v) is 6.30. The van der Waals surface area contributed by atoms with E-state index in [1.54, 1.807) is 0 Å². The summed E-state index contributed by atoms with van der Waals surface area (Å²) in [6.07, 6.45) is 9.51. The van der Waals surface area contributed by atoms with Crippen LogP contribution in [0.2, 0.25) is 0 Å². The summed E-state index contributed by atoms with van der Waals surface area (Å²) >= 11 is 5.26. The third-order valence-electron chi connectivity index (χ3n) is 3.47. The molecule has 2 fully saturated rings. The molecule has 2 saturated carbocycles. The van der Waals surface area contributed by atoms with Gasteiger partial charge in [-0.3, -0.25) is 0 Å². The molecule has 0 radical (unpaired) electrons. The standard InChI is InChI=1S/C11H20N2S/c14-11(12-8-9-4-3-5-9)13-10-6-1-2-7-10/h9-10H,1-8H2,(H2,12,13,14). The molecule has 0 aromatic heterocycles. The van der Waals surface area contributed by atoms with Crippen molar-refractivity contribution in [3.8, 4) is 0 Å². The highest BCUT2D eigenvalue weighted by atomic mass is 32.1. The van der Waals surface area contributed by atoms with Crippen LogP contribution in [0.25, 0.3) is 0 Å². The molecule has 2 nitrogen and oxygen atoms in total. The Labute approximate surface area is 91.8 Å². The zero-order chi connectivity index (χ0) is 9.80. The lowest BCUT2D eigenvalue weighted by molar-refractivity contribution is 0.315. The Bertz CT molecular complexity index is 195. The van der Waals surface area contributed by atoms with Gasteiger partial charge in [-0.15, -0.1) is 0 Å². The van der Waals surface area contributed by atoms with Gasteiger partial charge in [0.1, 0.15) is 0 Å². The number of hydrogen-bond donors (Lipinski definition) is 2. The molecule has 0 saturated heterocycles. The van der Waals surface area contributed by atoms with Gasteiger partial charge >= 0.3 is 0 Å². The van der Waals surface area contributed by atoms with Crippen molar-refractivity contribution in [3.63, 3.8) is 0 Å². The van der Waals surface area contributed by atoms with Crippen LogP contribution in [0.1, 0.15) is 44.9 Å². The average molecular weight is 212 g/mol. The van der Waals surface area contributed by atoms with E-state index >= 15 is 0 Å². The quantitative estimate of drug-likeness (QED) is 0.701. The van der Waals surface area contributed by atoms with E-state index < -0.39 is 0 Å². The van der Waals surface area contributed by atoms with Crippen molar-refractivity contribution < 1.29 is 0 Å². The monoisotopic (exact) mass is 212 g/mol. The van der Waals surface area contributed by atoms with E-state index in [1.165, 1.54) is 44.9 Å². The Balaban J connectivity index is 1.57. The smallest absolute Gasteiger partial charge is 0.166 e. The van der Waals surface area contributed by atoms with Crippen molar-refractivity contribution in [1.82, 2.24) is 10.6 Å². The van der Waals surface area contributed by atoms with Gasteiger partial charge in [0.05, 0.1) is 0 Å². The highest BCUT2D eigenvalue weighted by Crippen LogP contribution is 2.25. The van der Waals surface area contributed by atoms with Crippen LogP contribution in [0.15, 0.2) is 0 Å². The predicted octanol–water partition coefficient (Wildman–Crippen LogP) is 2.19. The van der Waals surface area contributed by atoms with Gasteiger partial charge < -0.3 is 10.6 Å². The second-order valence-electron chi connectivity index (χ2n) is 4.63. The van der Waals surface area contributed by atoms with Crippen molar-refractivity contribution in [2.75, 3.05) is 6.54 Å². The van der Waals surface area contributed by atoms with Crippen molar-refractivity contribution in [3.05, 3.63) is 0 Å². The molecule has 0 aliphatic heterocycles. The van der Waals surface area contributed by atoms with Gasteiger partial charge in [-0.2, -0.15) is 0 Å². The number of hydrogen-bond acceptors (Lipinski definition) is 1. The lowest BCUT2D eigenvalue weighted by Gasteiger charge is -2.26. The normalized spacial score (nSPS) is 23.1. The van der Waals surface area contributed by atoms with Crippen LogP contribution >= 0.6 is 12.2 Å². The maximum absolute atomic E-state index is 5.26. The maximum Gasteiger partial charge on any atom is 0.166 e. The van der Waals surface area contributed by atoms with E-state index in [4.69, 9.17) is 12.2 Å². The Morgan fingerprint density at radius 3 is 2.36 bits per heavy atom. The van der Waals surface area contributed by atoms with Crippen LogP contribution in [0, 0.1) is 5.92 Å². The zero-order valence-corrected chi connectivity index (χ0v) is 9.54. The van der Waals surface area contributed by atoms with Gasteiger partial charge in [-0.05, 0) is 43.8 Å². The summed E-state index contributed by atoms with van der Waals surface area (Å²) in [7, 11) is 0. The van der Waals surface area contributed by atoms with Crippen molar-refractivity contribution in [2.45, 2.75) is 51.0 Å². The Kier molecular flexibility index (Phi) is 3.62. The molecule has 2 aliphatic rings. The second-order valence-corrected chi connectivity index (χ2v) is 5.04. The first kappa shape index (κ1) is 10.2. The molecule has 0 spiro atoms. The molecule has 0 unspecified atom stereocenters. The van der Waals surface area contributed by atoms with E-state index in [9.17, 15) is 0 Å². The Morgan fingerprint density at radius 2 is 1.79 bits per heavy atom. The lowest BCUT2D eigenvalue weighted by Crippen LogP contribution is -2.43. The summed E-state index contributed by atoms with van der Waals surface area (Å²) in [5, 5.41) is 7.61. The Morgan fingerprint density at radius 1 is 1.07 bits per heavy atom. The summed E-state index contributed by atoms with van der Waals surface area (Å²) < 4.78 is 0. The van der Waals surface area contributed by atoms with E-state index in [0.717, 1.165) is 17.6 Å². The highest BCUT2D eigenvalue weighted by Gasteiger charge is 2.18. The molecule has 0 atom stereocenters. The summed E-state index contributed by atoms with van der Waals surface area (Å²) in [5.41, 5.74) is 0.